The fourth-order valence-corrected chi connectivity index (χ4v) is 2.71. The third-order valence-corrected chi connectivity index (χ3v) is 3.63. The average Bonchev–Trinajstić information content (AvgIpc) is 2.81. The van der Waals surface area contributed by atoms with E-state index >= 15 is 0 Å². The molecule has 1 aromatic carbocycles. The molecule has 3 rings (SSSR count). The molecule has 0 saturated heterocycles. The average molecular weight is 288 g/mol. The van der Waals surface area contributed by atoms with E-state index in [1.54, 1.807) is 23.3 Å². The Bertz CT molecular complexity index is 727. The van der Waals surface area contributed by atoms with Crippen LogP contribution in [-0.2, 0) is 7.05 Å². The summed E-state index contributed by atoms with van der Waals surface area (Å²) in [5.41, 5.74) is 3.67. The molecule has 1 unspecified atom stereocenters. The fourth-order valence-electron chi connectivity index (χ4n) is 2.43. The highest BCUT2D eigenvalue weighted by atomic mass is 35.5. The molecule has 0 saturated carbocycles. The van der Waals surface area contributed by atoms with Gasteiger partial charge in [0.05, 0.1) is 34.0 Å². The van der Waals surface area contributed by atoms with Gasteiger partial charge < -0.3 is 5.32 Å². The smallest absolute Gasteiger partial charge is 0.0938 e. The van der Waals surface area contributed by atoms with Crippen LogP contribution < -0.4 is 5.32 Å². The van der Waals surface area contributed by atoms with Crippen molar-refractivity contribution >= 4 is 22.6 Å². The van der Waals surface area contributed by atoms with E-state index in [4.69, 9.17) is 11.6 Å². The topological polar surface area (TPSA) is 55.6 Å². The van der Waals surface area contributed by atoms with Crippen LogP contribution in [0.3, 0.4) is 0 Å². The van der Waals surface area contributed by atoms with E-state index in [2.05, 4.69) is 20.4 Å². The molecule has 5 nitrogen and oxygen atoms in total. The zero-order chi connectivity index (χ0) is 14.1. The van der Waals surface area contributed by atoms with E-state index in [0.29, 0.717) is 5.02 Å². The first-order valence-corrected chi connectivity index (χ1v) is 6.64. The molecule has 0 radical (unpaired) electrons. The second kappa shape index (κ2) is 5.19. The van der Waals surface area contributed by atoms with Crippen LogP contribution in [0.1, 0.15) is 17.3 Å². The van der Waals surface area contributed by atoms with Gasteiger partial charge in [0.25, 0.3) is 0 Å². The molecule has 0 aliphatic rings. The van der Waals surface area contributed by atoms with Crippen LogP contribution in [0.5, 0.6) is 0 Å². The first-order chi connectivity index (χ1) is 9.72. The molecule has 1 N–H and O–H groups in total. The summed E-state index contributed by atoms with van der Waals surface area (Å²) in [6.45, 7) is 0. The minimum atomic E-state index is -0.0876. The van der Waals surface area contributed by atoms with Crippen molar-refractivity contribution in [3.8, 4) is 0 Å². The third kappa shape index (κ3) is 2.05. The molecular formula is C14H14ClN5. The number of para-hydroxylation sites is 1. The Morgan fingerprint density at radius 2 is 2.05 bits per heavy atom. The Labute approximate surface area is 121 Å². The van der Waals surface area contributed by atoms with Crippen molar-refractivity contribution in [2.45, 2.75) is 6.04 Å². The van der Waals surface area contributed by atoms with Crippen molar-refractivity contribution in [3.63, 3.8) is 0 Å². The summed E-state index contributed by atoms with van der Waals surface area (Å²) in [5, 5.41) is 8.11. The van der Waals surface area contributed by atoms with Gasteiger partial charge in [-0.05, 0) is 13.1 Å². The monoisotopic (exact) mass is 287 g/mol. The lowest BCUT2D eigenvalue weighted by atomic mass is 10.0. The number of halogens is 1. The van der Waals surface area contributed by atoms with Gasteiger partial charge in [-0.1, -0.05) is 23.7 Å². The lowest BCUT2D eigenvalue weighted by Crippen LogP contribution is -2.21. The maximum Gasteiger partial charge on any atom is 0.0938 e. The van der Waals surface area contributed by atoms with E-state index in [1.807, 2.05) is 32.3 Å². The van der Waals surface area contributed by atoms with Gasteiger partial charge in [0.1, 0.15) is 0 Å². The maximum atomic E-state index is 6.26. The van der Waals surface area contributed by atoms with Gasteiger partial charge in [-0.2, -0.15) is 5.10 Å². The van der Waals surface area contributed by atoms with E-state index in [-0.39, 0.29) is 6.04 Å². The summed E-state index contributed by atoms with van der Waals surface area (Å²) in [4.78, 5) is 8.78. The molecular weight excluding hydrogens is 274 g/mol. The molecule has 0 bridgehead atoms. The molecule has 2 heterocycles. The minimum Gasteiger partial charge on any atom is -0.308 e. The number of nitrogens with one attached hydrogen (secondary N) is 1. The summed E-state index contributed by atoms with van der Waals surface area (Å²) in [7, 11) is 3.77. The van der Waals surface area contributed by atoms with Crippen molar-refractivity contribution < 1.29 is 0 Å². The number of aromatic nitrogens is 4. The molecule has 0 spiro atoms. The first-order valence-electron chi connectivity index (χ1n) is 6.26. The molecule has 20 heavy (non-hydrogen) atoms. The summed E-state index contributed by atoms with van der Waals surface area (Å²) < 4.78 is 1.78. The zero-order valence-corrected chi connectivity index (χ0v) is 12.0. The molecule has 0 aliphatic heterocycles. The van der Waals surface area contributed by atoms with Crippen molar-refractivity contribution in [1.82, 2.24) is 25.1 Å². The van der Waals surface area contributed by atoms with Gasteiger partial charge in [-0.25, -0.2) is 0 Å². The van der Waals surface area contributed by atoms with Crippen molar-refractivity contribution in [2.24, 2.45) is 7.05 Å². The maximum absolute atomic E-state index is 6.26. The van der Waals surface area contributed by atoms with Gasteiger partial charge in [0.2, 0.25) is 0 Å². The highest BCUT2D eigenvalue weighted by Crippen LogP contribution is 2.30. The molecule has 2 aromatic heterocycles. The predicted molar refractivity (Wildman–Crippen MR) is 78.7 cm³/mol. The number of hydrogen-bond donors (Lipinski definition) is 1. The largest absolute Gasteiger partial charge is 0.308 e. The number of aryl methyl sites for hydroxylation is 1. The highest BCUT2D eigenvalue weighted by molar-refractivity contribution is 6.31. The molecule has 6 heteroatoms. The van der Waals surface area contributed by atoms with Crippen LogP contribution in [-0.4, -0.2) is 26.8 Å². The van der Waals surface area contributed by atoms with Gasteiger partial charge in [-0.15, -0.1) is 0 Å². The molecule has 0 aliphatic carbocycles. The fraction of sp³-hybridized carbons (Fsp3) is 0.214. The normalized spacial score (nSPS) is 12.8. The van der Waals surface area contributed by atoms with E-state index in [1.165, 1.54) is 0 Å². The van der Waals surface area contributed by atoms with Gasteiger partial charge >= 0.3 is 0 Å². The quantitative estimate of drug-likeness (QED) is 0.803. The Balaban J connectivity index is 2.22. The summed E-state index contributed by atoms with van der Waals surface area (Å²) in [6.07, 6.45) is 5.04. The molecule has 102 valence electrons. The lowest BCUT2D eigenvalue weighted by molar-refractivity contribution is 0.608. The summed E-state index contributed by atoms with van der Waals surface area (Å²) in [5.74, 6) is 0. The van der Waals surface area contributed by atoms with Crippen LogP contribution in [0.4, 0.5) is 0 Å². The summed E-state index contributed by atoms with van der Waals surface area (Å²) in [6, 6.07) is 5.86. The van der Waals surface area contributed by atoms with Crippen LogP contribution in [0.25, 0.3) is 11.0 Å². The predicted octanol–water partition coefficient (Wildman–Crippen LogP) is 2.33. The van der Waals surface area contributed by atoms with Gasteiger partial charge in [-0.3, -0.25) is 14.6 Å². The Morgan fingerprint density at radius 3 is 2.75 bits per heavy atom. The molecule has 0 amide bonds. The van der Waals surface area contributed by atoms with Crippen molar-refractivity contribution in [1.29, 1.82) is 0 Å². The summed E-state index contributed by atoms with van der Waals surface area (Å²) >= 11 is 6.26. The number of nitrogens with zero attached hydrogens (tertiary/aromatic N) is 4. The highest BCUT2D eigenvalue weighted by Gasteiger charge is 2.21. The Morgan fingerprint density at radius 1 is 1.25 bits per heavy atom. The molecule has 1 atom stereocenters. The van der Waals surface area contributed by atoms with Crippen LogP contribution in [0.2, 0.25) is 5.02 Å². The Kier molecular flexibility index (Phi) is 3.38. The van der Waals surface area contributed by atoms with E-state index < -0.39 is 0 Å². The van der Waals surface area contributed by atoms with Crippen LogP contribution in [0.15, 0.2) is 36.8 Å². The molecule has 0 fully saturated rings. The number of benzene rings is 1. The standard InChI is InChI=1S/C14H14ClN5/c1-16-13(14-10(15)8-19-20(14)2)9-4-3-5-11-12(9)18-7-6-17-11/h3-8,13,16H,1-2H3. The van der Waals surface area contributed by atoms with E-state index in [0.717, 1.165) is 22.3 Å². The minimum absolute atomic E-state index is 0.0876. The molecule has 3 aromatic rings. The Hall–Kier alpha value is -1.98. The van der Waals surface area contributed by atoms with Crippen molar-refractivity contribution in [3.05, 3.63) is 53.1 Å². The van der Waals surface area contributed by atoms with E-state index in [9.17, 15) is 0 Å². The van der Waals surface area contributed by atoms with Crippen LogP contribution >= 0.6 is 11.6 Å². The van der Waals surface area contributed by atoms with Gasteiger partial charge in [0, 0.05) is 25.0 Å². The van der Waals surface area contributed by atoms with Gasteiger partial charge in [0.15, 0.2) is 0 Å². The van der Waals surface area contributed by atoms with Crippen LogP contribution in [0, 0.1) is 0 Å². The number of fused-ring (bicyclic) bond motifs is 1. The number of hydrogen-bond acceptors (Lipinski definition) is 4. The second-order valence-corrected chi connectivity index (χ2v) is 4.90. The second-order valence-electron chi connectivity index (χ2n) is 4.49. The lowest BCUT2D eigenvalue weighted by Gasteiger charge is -2.18. The van der Waals surface area contributed by atoms with Crippen molar-refractivity contribution in [2.75, 3.05) is 7.05 Å². The first kappa shape index (κ1) is 13.0. The zero-order valence-electron chi connectivity index (χ0n) is 11.2. The SMILES string of the molecule is CNC(c1cccc2nccnc12)c1c(Cl)cnn1C. The third-order valence-electron chi connectivity index (χ3n) is 3.34. The number of rotatable bonds is 3.